The van der Waals surface area contributed by atoms with Crippen LogP contribution in [0.25, 0.3) is 5.69 Å². The number of halogens is 1. The van der Waals surface area contributed by atoms with Crippen molar-refractivity contribution in [3.05, 3.63) is 41.9 Å². The quantitative estimate of drug-likeness (QED) is 0.912. The molecule has 0 spiro atoms. The number of carbonyl (C=O) groups excluding carboxylic acids is 1. The predicted molar refractivity (Wildman–Crippen MR) is 82.5 cm³/mol. The molecular formula is C15H17ClN4O. The van der Waals surface area contributed by atoms with Crippen molar-refractivity contribution < 1.29 is 4.79 Å². The summed E-state index contributed by atoms with van der Waals surface area (Å²) >= 11 is 6.26. The Hall–Kier alpha value is -1.85. The average molecular weight is 305 g/mol. The Balaban J connectivity index is 1.92. The lowest BCUT2D eigenvalue weighted by Crippen LogP contribution is -2.50. The van der Waals surface area contributed by atoms with Crippen LogP contribution in [0, 0.1) is 5.92 Å². The van der Waals surface area contributed by atoms with E-state index in [0.29, 0.717) is 16.4 Å². The third kappa shape index (κ3) is 2.66. The topological polar surface area (TPSA) is 72.9 Å². The Bertz CT molecular complexity index is 662. The van der Waals surface area contributed by atoms with E-state index in [4.69, 9.17) is 17.3 Å². The van der Waals surface area contributed by atoms with Crippen molar-refractivity contribution in [2.45, 2.75) is 25.3 Å². The molecule has 21 heavy (non-hydrogen) atoms. The van der Waals surface area contributed by atoms with Crippen molar-refractivity contribution in [2.75, 3.05) is 5.32 Å². The van der Waals surface area contributed by atoms with Crippen LogP contribution in [-0.2, 0) is 4.79 Å². The second kappa shape index (κ2) is 5.16. The van der Waals surface area contributed by atoms with Gasteiger partial charge in [-0.25, -0.2) is 4.98 Å². The van der Waals surface area contributed by atoms with Gasteiger partial charge in [-0.05, 0) is 37.8 Å². The molecule has 110 valence electrons. The molecule has 1 atom stereocenters. The minimum atomic E-state index is -0.853. The fraction of sp³-hybridized carbons (Fsp3) is 0.333. The molecule has 1 heterocycles. The van der Waals surface area contributed by atoms with Crippen LogP contribution in [0.5, 0.6) is 0 Å². The summed E-state index contributed by atoms with van der Waals surface area (Å²) in [7, 11) is 0. The molecule has 0 radical (unpaired) electrons. The highest BCUT2D eigenvalue weighted by atomic mass is 35.5. The summed E-state index contributed by atoms with van der Waals surface area (Å²) in [6.07, 6.45) is 7.08. The van der Waals surface area contributed by atoms with E-state index in [-0.39, 0.29) is 11.8 Å². The predicted octanol–water partition coefficient (Wildman–Crippen LogP) is 2.59. The highest BCUT2D eigenvalue weighted by molar-refractivity contribution is 6.33. The Morgan fingerprint density at radius 2 is 2.29 bits per heavy atom. The van der Waals surface area contributed by atoms with Crippen molar-refractivity contribution in [3.8, 4) is 5.69 Å². The molecule has 0 bridgehead atoms. The molecule has 1 fully saturated rings. The van der Waals surface area contributed by atoms with Crippen LogP contribution < -0.4 is 11.1 Å². The summed E-state index contributed by atoms with van der Waals surface area (Å²) in [4.78, 5) is 16.5. The fourth-order valence-corrected chi connectivity index (χ4v) is 2.67. The first-order valence-electron chi connectivity index (χ1n) is 6.87. The van der Waals surface area contributed by atoms with E-state index in [2.05, 4.69) is 10.3 Å². The average Bonchev–Trinajstić information content (AvgIpc) is 3.17. The minimum Gasteiger partial charge on any atom is -0.323 e. The van der Waals surface area contributed by atoms with Gasteiger partial charge in [0.2, 0.25) is 5.91 Å². The van der Waals surface area contributed by atoms with Gasteiger partial charge in [-0.15, -0.1) is 0 Å². The van der Waals surface area contributed by atoms with Gasteiger partial charge in [0, 0.05) is 12.4 Å². The summed E-state index contributed by atoms with van der Waals surface area (Å²) in [5.74, 6) is 0.0713. The van der Waals surface area contributed by atoms with E-state index in [1.807, 2.05) is 6.07 Å². The first-order chi connectivity index (χ1) is 10.00. The number of hydrogen-bond donors (Lipinski definition) is 2. The van der Waals surface area contributed by atoms with Crippen LogP contribution in [0.2, 0.25) is 5.02 Å². The first-order valence-corrected chi connectivity index (χ1v) is 7.25. The molecule has 3 rings (SSSR count). The molecule has 1 aliphatic carbocycles. The third-order valence-corrected chi connectivity index (χ3v) is 4.22. The zero-order valence-electron chi connectivity index (χ0n) is 11.7. The van der Waals surface area contributed by atoms with E-state index in [9.17, 15) is 4.79 Å². The fourth-order valence-electron chi connectivity index (χ4n) is 2.40. The second-order valence-electron chi connectivity index (χ2n) is 5.62. The largest absolute Gasteiger partial charge is 0.323 e. The Morgan fingerprint density at radius 3 is 2.90 bits per heavy atom. The van der Waals surface area contributed by atoms with Crippen LogP contribution in [-0.4, -0.2) is 21.0 Å². The molecule has 1 saturated carbocycles. The number of aromatic nitrogens is 2. The lowest BCUT2D eigenvalue weighted by atomic mass is 9.96. The number of nitrogens with two attached hydrogens (primary N) is 1. The van der Waals surface area contributed by atoms with Gasteiger partial charge in [-0.1, -0.05) is 17.7 Å². The highest BCUT2D eigenvalue weighted by Crippen LogP contribution is 2.39. The number of para-hydroxylation sites is 1. The summed E-state index contributed by atoms with van der Waals surface area (Å²) in [6.45, 7) is 1.78. The lowest BCUT2D eigenvalue weighted by molar-refractivity contribution is -0.121. The maximum absolute atomic E-state index is 12.4. The zero-order valence-corrected chi connectivity index (χ0v) is 12.5. The van der Waals surface area contributed by atoms with E-state index < -0.39 is 5.54 Å². The normalized spacial score (nSPS) is 17.3. The number of benzene rings is 1. The third-order valence-electron chi connectivity index (χ3n) is 3.91. The summed E-state index contributed by atoms with van der Waals surface area (Å²) in [5, 5.41) is 3.44. The van der Waals surface area contributed by atoms with Gasteiger partial charge in [0.25, 0.3) is 0 Å². The molecule has 3 N–H and O–H groups in total. The van der Waals surface area contributed by atoms with Gasteiger partial charge in [0.1, 0.15) is 0 Å². The number of anilines is 1. The van der Waals surface area contributed by atoms with Crippen LogP contribution in [0.3, 0.4) is 0 Å². The first kappa shape index (κ1) is 14.1. The molecule has 0 aliphatic heterocycles. The Labute approximate surface area is 128 Å². The molecule has 1 unspecified atom stereocenters. The second-order valence-corrected chi connectivity index (χ2v) is 6.02. The van der Waals surface area contributed by atoms with Gasteiger partial charge < -0.3 is 15.6 Å². The number of imidazole rings is 1. The van der Waals surface area contributed by atoms with Crippen molar-refractivity contribution in [3.63, 3.8) is 0 Å². The molecule has 1 aromatic carbocycles. The lowest BCUT2D eigenvalue weighted by Gasteiger charge is -2.24. The molecule has 2 aromatic rings. The van der Waals surface area contributed by atoms with Crippen LogP contribution in [0.15, 0.2) is 36.9 Å². The number of nitrogens with zero attached hydrogens (tertiary/aromatic N) is 2. The van der Waals surface area contributed by atoms with E-state index in [1.54, 1.807) is 42.3 Å². The SMILES string of the molecule is CC(N)(C(=O)Nc1cccc(Cl)c1-n1ccnc1)C1CC1. The number of hydrogen-bond acceptors (Lipinski definition) is 3. The van der Waals surface area contributed by atoms with Gasteiger partial charge in [-0.3, -0.25) is 4.79 Å². The number of amides is 1. The summed E-state index contributed by atoms with van der Waals surface area (Å²) < 4.78 is 1.77. The van der Waals surface area contributed by atoms with Gasteiger partial charge >= 0.3 is 0 Å². The maximum atomic E-state index is 12.4. The monoisotopic (exact) mass is 304 g/mol. The zero-order chi connectivity index (χ0) is 15.0. The number of rotatable bonds is 4. The van der Waals surface area contributed by atoms with E-state index in [1.165, 1.54) is 0 Å². The summed E-state index contributed by atoms with van der Waals surface area (Å²) in [6, 6.07) is 5.38. The summed E-state index contributed by atoms with van der Waals surface area (Å²) in [5.41, 5.74) is 6.62. The van der Waals surface area contributed by atoms with Crippen molar-refractivity contribution in [2.24, 2.45) is 11.7 Å². The Morgan fingerprint density at radius 1 is 1.52 bits per heavy atom. The Kier molecular flexibility index (Phi) is 3.47. The van der Waals surface area contributed by atoms with Crippen LogP contribution in [0.4, 0.5) is 5.69 Å². The molecule has 0 saturated heterocycles. The van der Waals surface area contributed by atoms with E-state index >= 15 is 0 Å². The van der Waals surface area contributed by atoms with E-state index in [0.717, 1.165) is 12.8 Å². The van der Waals surface area contributed by atoms with Crippen LogP contribution in [0.1, 0.15) is 19.8 Å². The number of nitrogens with one attached hydrogen (secondary N) is 1. The highest BCUT2D eigenvalue weighted by Gasteiger charge is 2.44. The molecular weight excluding hydrogens is 288 g/mol. The van der Waals surface area contributed by atoms with Gasteiger partial charge in [0.05, 0.1) is 28.3 Å². The van der Waals surface area contributed by atoms with Gasteiger partial charge in [0.15, 0.2) is 0 Å². The molecule has 6 heteroatoms. The standard InChI is InChI=1S/C15H17ClN4O/c1-15(17,10-5-6-10)14(21)19-12-4-2-3-11(16)13(12)20-8-7-18-9-20/h2-4,7-10H,5-6,17H2,1H3,(H,19,21). The molecule has 5 nitrogen and oxygen atoms in total. The number of carbonyl (C=O) groups is 1. The maximum Gasteiger partial charge on any atom is 0.244 e. The molecule has 1 aliphatic rings. The van der Waals surface area contributed by atoms with Crippen molar-refractivity contribution in [1.29, 1.82) is 0 Å². The minimum absolute atomic E-state index is 0.186. The van der Waals surface area contributed by atoms with Crippen molar-refractivity contribution >= 4 is 23.2 Å². The van der Waals surface area contributed by atoms with Crippen LogP contribution >= 0.6 is 11.6 Å². The van der Waals surface area contributed by atoms with Crippen molar-refractivity contribution in [1.82, 2.24) is 9.55 Å². The smallest absolute Gasteiger partial charge is 0.244 e. The molecule has 1 amide bonds. The molecule has 1 aromatic heterocycles. The van der Waals surface area contributed by atoms with Gasteiger partial charge in [-0.2, -0.15) is 0 Å².